The summed E-state index contributed by atoms with van der Waals surface area (Å²) in [6.07, 6.45) is 1.52. The zero-order valence-corrected chi connectivity index (χ0v) is 14.7. The molecule has 0 aromatic heterocycles. The van der Waals surface area contributed by atoms with Gasteiger partial charge >= 0.3 is 0 Å². The van der Waals surface area contributed by atoms with Crippen LogP contribution in [0.25, 0.3) is 6.08 Å². The number of phenolic OH excluding ortho intramolecular Hbond substituents is 2. The SMILES string of the molecule is O=C1S/C(=C\c2ccc(O)c(O)c2)C(=O)N1Cc1ccc(Br)cc1. The van der Waals surface area contributed by atoms with Gasteiger partial charge in [0.1, 0.15) is 0 Å². The fourth-order valence-electron chi connectivity index (χ4n) is 2.19. The first-order valence-electron chi connectivity index (χ1n) is 6.96. The molecule has 0 spiro atoms. The van der Waals surface area contributed by atoms with E-state index in [-0.39, 0.29) is 34.1 Å². The molecule has 122 valence electrons. The zero-order valence-electron chi connectivity index (χ0n) is 12.3. The molecule has 0 aliphatic carbocycles. The second kappa shape index (κ2) is 6.70. The number of halogens is 1. The third-order valence-corrected chi connectivity index (χ3v) is 4.86. The van der Waals surface area contributed by atoms with Crippen LogP contribution in [0.3, 0.4) is 0 Å². The molecule has 1 aliphatic heterocycles. The summed E-state index contributed by atoms with van der Waals surface area (Å²) in [5, 5.41) is 18.5. The van der Waals surface area contributed by atoms with Gasteiger partial charge in [-0.2, -0.15) is 0 Å². The van der Waals surface area contributed by atoms with E-state index >= 15 is 0 Å². The number of imide groups is 1. The van der Waals surface area contributed by atoms with Crippen molar-refractivity contribution >= 4 is 44.9 Å². The molecule has 0 bridgehead atoms. The summed E-state index contributed by atoms with van der Waals surface area (Å²) in [5.74, 6) is -0.895. The van der Waals surface area contributed by atoms with Crippen molar-refractivity contribution in [1.82, 2.24) is 4.90 Å². The molecule has 2 amide bonds. The molecule has 1 aliphatic rings. The van der Waals surface area contributed by atoms with Crippen molar-refractivity contribution in [2.45, 2.75) is 6.54 Å². The highest BCUT2D eigenvalue weighted by Gasteiger charge is 2.34. The molecule has 1 saturated heterocycles. The number of nitrogens with zero attached hydrogens (tertiary/aromatic N) is 1. The van der Waals surface area contributed by atoms with Crippen LogP contribution in [0.4, 0.5) is 4.79 Å². The Morgan fingerprint density at radius 2 is 1.75 bits per heavy atom. The molecule has 1 fully saturated rings. The van der Waals surface area contributed by atoms with Crippen LogP contribution in [0.2, 0.25) is 0 Å². The third-order valence-electron chi connectivity index (χ3n) is 3.42. The average Bonchev–Trinajstić information content (AvgIpc) is 2.80. The van der Waals surface area contributed by atoms with Gasteiger partial charge < -0.3 is 10.2 Å². The quantitative estimate of drug-likeness (QED) is 0.593. The van der Waals surface area contributed by atoms with Crippen molar-refractivity contribution in [3.05, 3.63) is 63.0 Å². The number of hydrogen-bond donors (Lipinski definition) is 2. The summed E-state index contributed by atoms with van der Waals surface area (Å²) in [7, 11) is 0. The van der Waals surface area contributed by atoms with Gasteiger partial charge in [0.05, 0.1) is 11.4 Å². The number of amides is 2. The maximum Gasteiger partial charge on any atom is 0.293 e. The van der Waals surface area contributed by atoms with Crippen LogP contribution in [0, 0.1) is 0 Å². The van der Waals surface area contributed by atoms with Gasteiger partial charge in [0.25, 0.3) is 11.1 Å². The van der Waals surface area contributed by atoms with Gasteiger partial charge in [-0.1, -0.05) is 34.1 Å². The van der Waals surface area contributed by atoms with Gasteiger partial charge in [-0.3, -0.25) is 14.5 Å². The monoisotopic (exact) mass is 405 g/mol. The van der Waals surface area contributed by atoms with Gasteiger partial charge in [0, 0.05) is 4.47 Å². The number of rotatable bonds is 3. The van der Waals surface area contributed by atoms with Crippen molar-refractivity contribution < 1.29 is 19.8 Å². The predicted molar refractivity (Wildman–Crippen MR) is 95.4 cm³/mol. The van der Waals surface area contributed by atoms with Crippen LogP contribution >= 0.6 is 27.7 Å². The Balaban J connectivity index is 1.81. The minimum Gasteiger partial charge on any atom is -0.504 e. The van der Waals surface area contributed by atoms with Crippen molar-refractivity contribution in [3.63, 3.8) is 0 Å². The Bertz CT molecular complexity index is 848. The molecule has 1 heterocycles. The lowest BCUT2D eigenvalue weighted by atomic mass is 10.2. The number of hydrogen-bond acceptors (Lipinski definition) is 5. The molecule has 0 radical (unpaired) electrons. The summed E-state index contributed by atoms with van der Waals surface area (Å²) in [6.45, 7) is 0.204. The van der Waals surface area contributed by atoms with Crippen molar-refractivity contribution in [2.75, 3.05) is 0 Å². The molecule has 7 heteroatoms. The van der Waals surface area contributed by atoms with Crippen LogP contribution in [0.1, 0.15) is 11.1 Å². The van der Waals surface area contributed by atoms with Gasteiger partial charge in [-0.25, -0.2) is 0 Å². The highest BCUT2D eigenvalue weighted by molar-refractivity contribution is 9.10. The fourth-order valence-corrected chi connectivity index (χ4v) is 3.29. The van der Waals surface area contributed by atoms with Crippen LogP contribution in [-0.2, 0) is 11.3 Å². The van der Waals surface area contributed by atoms with E-state index in [1.807, 2.05) is 24.3 Å². The summed E-state index contributed by atoms with van der Waals surface area (Å²) in [4.78, 5) is 26.0. The number of thioether (sulfide) groups is 1. The standard InChI is InChI=1S/C17H12BrNO4S/c18-12-4-1-10(2-5-12)9-19-16(22)15(24-17(19)23)8-11-3-6-13(20)14(21)7-11/h1-8,20-21H,9H2/b15-8-. The molecular weight excluding hydrogens is 394 g/mol. The number of carbonyl (C=O) groups excluding carboxylic acids is 2. The van der Waals surface area contributed by atoms with E-state index in [2.05, 4.69) is 15.9 Å². The molecule has 2 aromatic rings. The summed E-state index contributed by atoms with van der Waals surface area (Å²) < 4.78 is 0.924. The zero-order chi connectivity index (χ0) is 17.3. The first kappa shape index (κ1) is 16.6. The van der Waals surface area contributed by atoms with Crippen molar-refractivity contribution in [2.24, 2.45) is 0 Å². The number of phenols is 2. The fraction of sp³-hybridized carbons (Fsp3) is 0.0588. The highest BCUT2D eigenvalue weighted by Crippen LogP contribution is 2.34. The second-order valence-electron chi connectivity index (χ2n) is 5.14. The lowest BCUT2D eigenvalue weighted by Crippen LogP contribution is -2.27. The van der Waals surface area contributed by atoms with E-state index in [1.54, 1.807) is 6.07 Å². The number of carbonyl (C=O) groups is 2. The van der Waals surface area contributed by atoms with Crippen molar-refractivity contribution in [3.8, 4) is 11.5 Å². The lowest BCUT2D eigenvalue weighted by Gasteiger charge is -2.12. The molecule has 2 N–H and O–H groups in total. The summed E-state index contributed by atoms with van der Waals surface area (Å²) in [6, 6.07) is 11.6. The maximum atomic E-state index is 12.4. The number of aromatic hydroxyl groups is 2. The minimum absolute atomic E-state index is 0.204. The lowest BCUT2D eigenvalue weighted by molar-refractivity contribution is -0.123. The van der Waals surface area contributed by atoms with Gasteiger partial charge in [0.15, 0.2) is 11.5 Å². The molecule has 0 atom stereocenters. The Morgan fingerprint density at radius 1 is 1.04 bits per heavy atom. The van der Waals surface area contributed by atoms with E-state index < -0.39 is 0 Å². The summed E-state index contributed by atoms with van der Waals surface area (Å²) >= 11 is 4.19. The topological polar surface area (TPSA) is 77.8 Å². The Morgan fingerprint density at radius 3 is 2.42 bits per heavy atom. The van der Waals surface area contributed by atoms with E-state index in [1.165, 1.54) is 23.1 Å². The average molecular weight is 406 g/mol. The molecular formula is C17H12BrNO4S. The molecule has 24 heavy (non-hydrogen) atoms. The van der Waals surface area contributed by atoms with Crippen molar-refractivity contribution in [1.29, 1.82) is 0 Å². The molecule has 3 rings (SSSR count). The second-order valence-corrected chi connectivity index (χ2v) is 7.05. The molecule has 0 saturated carbocycles. The molecule has 0 unspecified atom stereocenters. The van der Waals surface area contributed by atoms with Gasteiger partial charge in [-0.05, 0) is 53.2 Å². The summed E-state index contributed by atoms with van der Waals surface area (Å²) in [5.41, 5.74) is 1.38. The normalized spacial score (nSPS) is 16.2. The van der Waals surface area contributed by atoms with Gasteiger partial charge in [-0.15, -0.1) is 0 Å². The van der Waals surface area contributed by atoms with Crippen LogP contribution in [0.5, 0.6) is 11.5 Å². The molecule has 5 nitrogen and oxygen atoms in total. The maximum absolute atomic E-state index is 12.4. The van der Waals surface area contributed by atoms with Crippen LogP contribution < -0.4 is 0 Å². The predicted octanol–water partition coefficient (Wildman–Crippen LogP) is 4.10. The first-order chi connectivity index (χ1) is 11.4. The Hall–Kier alpha value is -2.25. The smallest absolute Gasteiger partial charge is 0.293 e. The highest BCUT2D eigenvalue weighted by atomic mass is 79.9. The Kier molecular flexibility index (Phi) is 4.64. The Labute approximate surface area is 150 Å². The first-order valence-corrected chi connectivity index (χ1v) is 8.57. The van der Waals surface area contributed by atoms with E-state index in [9.17, 15) is 19.8 Å². The van der Waals surface area contributed by atoms with Gasteiger partial charge in [0.2, 0.25) is 0 Å². The van der Waals surface area contributed by atoms with E-state index in [0.29, 0.717) is 5.56 Å². The van der Waals surface area contributed by atoms with Crippen LogP contribution in [-0.4, -0.2) is 26.3 Å². The largest absolute Gasteiger partial charge is 0.504 e. The minimum atomic E-state index is -0.375. The van der Waals surface area contributed by atoms with E-state index in [0.717, 1.165) is 21.8 Å². The third kappa shape index (κ3) is 3.47. The molecule has 2 aromatic carbocycles. The number of benzene rings is 2. The van der Waals surface area contributed by atoms with Crippen LogP contribution in [0.15, 0.2) is 51.8 Å². The van der Waals surface area contributed by atoms with E-state index in [4.69, 9.17) is 0 Å².